The molecule has 0 spiro atoms. The van der Waals surface area contributed by atoms with Crippen LogP contribution in [0.4, 0.5) is 0 Å². The highest BCUT2D eigenvalue weighted by Crippen LogP contribution is 2.23. The van der Waals surface area contributed by atoms with Gasteiger partial charge in [-0.25, -0.2) is 0 Å². The maximum Gasteiger partial charge on any atom is 0.255 e. The van der Waals surface area contributed by atoms with Crippen molar-refractivity contribution in [2.24, 2.45) is 5.73 Å². The number of nitrogens with zero attached hydrogens (tertiary/aromatic N) is 3. The molecule has 1 aromatic heterocycles. The van der Waals surface area contributed by atoms with Gasteiger partial charge in [0.25, 0.3) is 11.8 Å². The van der Waals surface area contributed by atoms with Crippen LogP contribution in [0.5, 0.6) is 5.75 Å². The minimum Gasteiger partial charge on any atom is -0.484 e. The van der Waals surface area contributed by atoms with Crippen molar-refractivity contribution in [3.63, 3.8) is 0 Å². The van der Waals surface area contributed by atoms with Gasteiger partial charge in [-0.1, -0.05) is 0 Å². The van der Waals surface area contributed by atoms with Crippen LogP contribution in [0.1, 0.15) is 34.8 Å². The average molecular weight is 342 g/mol. The number of aryl methyl sites for hydroxylation is 1. The number of likely N-dealkylation sites (tertiary alicyclic amines) is 1. The van der Waals surface area contributed by atoms with Gasteiger partial charge < -0.3 is 15.4 Å². The van der Waals surface area contributed by atoms with E-state index >= 15 is 0 Å². The third kappa shape index (κ3) is 4.17. The number of benzene rings is 1. The maximum atomic E-state index is 12.7. The van der Waals surface area contributed by atoms with Gasteiger partial charge in [-0.05, 0) is 49.6 Å². The third-order valence-corrected chi connectivity index (χ3v) is 4.27. The SMILES string of the molecule is Cc1cnn([C@H]2CCCN(C(=O)c3ccc(OCC(N)=O)cc3)C2)c1. The second-order valence-corrected chi connectivity index (χ2v) is 6.32. The van der Waals surface area contributed by atoms with E-state index in [2.05, 4.69) is 5.10 Å². The van der Waals surface area contributed by atoms with Crippen LogP contribution in [-0.4, -0.2) is 46.2 Å². The standard InChI is InChI=1S/C18H22N4O3/c1-13-9-20-22(10-13)15-3-2-8-21(11-15)18(24)14-4-6-16(7-5-14)25-12-17(19)23/h4-7,9-10,15H,2-3,8,11-12H2,1H3,(H2,19,23)/t15-/m0/s1. The van der Waals surface area contributed by atoms with E-state index in [4.69, 9.17) is 10.5 Å². The number of rotatable bonds is 5. The summed E-state index contributed by atoms with van der Waals surface area (Å²) in [6, 6.07) is 6.98. The van der Waals surface area contributed by atoms with Crippen molar-refractivity contribution < 1.29 is 14.3 Å². The molecule has 7 nitrogen and oxygen atoms in total. The average Bonchev–Trinajstić information content (AvgIpc) is 3.06. The Morgan fingerprint density at radius 1 is 1.32 bits per heavy atom. The molecule has 1 aromatic carbocycles. The highest BCUT2D eigenvalue weighted by molar-refractivity contribution is 5.94. The van der Waals surface area contributed by atoms with Crippen molar-refractivity contribution >= 4 is 11.8 Å². The van der Waals surface area contributed by atoms with Crippen molar-refractivity contribution in [1.29, 1.82) is 0 Å². The Morgan fingerprint density at radius 3 is 2.72 bits per heavy atom. The highest BCUT2D eigenvalue weighted by Gasteiger charge is 2.25. The Labute approximate surface area is 146 Å². The molecule has 2 N–H and O–H groups in total. The Hall–Kier alpha value is -2.83. The van der Waals surface area contributed by atoms with Crippen LogP contribution >= 0.6 is 0 Å². The van der Waals surface area contributed by atoms with Crippen LogP contribution in [0.3, 0.4) is 0 Å². The number of hydrogen-bond acceptors (Lipinski definition) is 4. The predicted molar refractivity (Wildman–Crippen MR) is 92.3 cm³/mol. The quantitative estimate of drug-likeness (QED) is 0.892. The molecule has 0 aliphatic carbocycles. The Kier molecular flexibility index (Phi) is 5.02. The molecule has 132 valence electrons. The maximum absolute atomic E-state index is 12.7. The number of nitrogens with two attached hydrogens (primary N) is 1. The Balaban J connectivity index is 1.64. The Morgan fingerprint density at radius 2 is 2.08 bits per heavy atom. The molecule has 1 aliphatic rings. The molecule has 2 aromatic rings. The van der Waals surface area contributed by atoms with Crippen molar-refractivity contribution in [3.05, 3.63) is 47.8 Å². The zero-order chi connectivity index (χ0) is 17.8. The molecule has 0 bridgehead atoms. The van der Waals surface area contributed by atoms with E-state index in [0.717, 1.165) is 24.9 Å². The first kappa shape index (κ1) is 17.0. The van der Waals surface area contributed by atoms with E-state index in [1.165, 1.54) is 0 Å². The van der Waals surface area contributed by atoms with E-state index < -0.39 is 5.91 Å². The van der Waals surface area contributed by atoms with Gasteiger partial charge in [-0.3, -0.25) is 14.3 Å². The molecule has 2 heterocycles. The van der Waals surface area contributed by atoms with E-state index in [-0.39, 0.29) is 18.6 Å². The van der Waals surface area contributed by atoms with Gasteiger partial charge in [0.15, 0.2) is 6.61 Å². The molecule has 2 amide bonds. The number of primary amides is 1. The molecule has 7 heteroatoms. The molecule has 0 saturated carbocycles. The van der Waals surface area contributed by atoms with Gasteiger partial charge in [0, 0.05) is 24.8 Å². The lowest BCUT2D eigenvalue weighted by molar-refractivity contribution is -0.119. The second-order valence-electron chi connectivity index (χ2n) is 6.32. The molecular weight excluding hydrogens is 320 g/mol. The molecule has 1 saturated heterocycles. The summed E-state index contributed by atoms with van der Waals surface area (Å²) in [7, 11) is 0. The van der Waals surface area contributed by atoms with Crippen molar-refractivity contribution in [1.82, 2.24) is 14.7 Å². The lowest BCUT2D eigenvalue weighted by atomic mass is 10.0. The second kappa shape index (κ2) is 7.38. The number of ether oxygens (including phenoxy) is 1. The number of carbonyl (C=O) groups is 2. The van der Waals surface area contributed by atoms with E-state index in [0.29, 0.717) is 17.9 Å². The molecule has 1 atom stereocenters. The van der Waals surface area contributed by atoms with Gasteiger partial charge in [-0.2, -0.15) is 5.10 Å². The highest BCUT2D eigenvalue weighted by atomic mass is 16.5. The minimum atomic E-state index is -0.534. The number of piperidine rings is 1. The van der Waals surface area contributed by atoms with Crippen LogP contribution in [-0.2, 0) is 4.79 Å². The summed E-state index contributed by atoms with van der Waals surface area (Å²) in [5.41, 5.74) is 6.77. The summed E-state index contributed by atoms with van der Waals surface area (Å²) in [4.78, 5) is 25.3. The summed E-state index contributed by atoms with van der Waals surface area (Å²) in [6.07, 6.45) is 5.83. The monoisotopic (exact) mass is 342 g/mol. The van der Waals surface area contributed by atoms with Crippen molar-refractivity contribution in [2.45, 2.75) is 25.8 Å². The van der Waals surface area contributed by atoms with Crippen LogP contribution in [0.2, 0.25) is 0 Å². The first-order valence-electron chi connectivity index (χ1n) is 8.34. The molecule has 1 fully saturated rings. The zero-order valence-electron chi connectivity index (χ0n) is 14.2. The molecule has 1 aliphatic heterocycles. The topological polar surface area (TPSA) is 90.4 Å². The molecule has 3 rings (SSSR count). The fourth-order valence-electron chi connectivity index (χ4n) is 3.02. The lowest BCUT2D eigenvalue weighted by Gasteiger charge is -2.33. The van der Waals surface area contributed by atoms with E-state index in [1.807, 2.05) is 28.9 Å². The molecular formula is C18H22N4O3. The lowest BCUT2D eigenvalue weighted by Crippen LogP contribution is -2.40. The summed E-state index contributed by atoms with van der Waals surface area (Å²) in [6.45, 7) is 3.23. The fourth-order valence-corrected chi connectivity index (χ4v) is 3.02. The third-order valence-electron chi connectivity index (χ3n) is 4.27. The summed E-state index contributed by atoms with van der Waals surface area (Å²) in [5, 5.41) is 4.38. The van der Waals surface area contributed by atoms with Gasteiger partial charge in [-0.15, -0.1) is 0 Å². The fraction of sp³-hybridized carbons (Fsp3) is 0.389. The minimum absolute atomic E-state index is 0.00460. The number of aromatic nitrogens is 2. The first-order chi connectivity index (χ1) is 12.0. The number of carbonyl (C=O) groups excluding carboxylic acids is 2. The van der Waals surface area contributed by atoms with Crippen LogP contribution < -0.4 is 10.5 Å². The van der Waals surface area contributed by atoms with Crippen molar-refractivity contribution in [3.8, 4) is 5.75 Å². The molecule has 0 unspecified atom stereocenters. The largest absolute Gasteiger partial charge is 0.484 e. The van der Waals surface area contributed by atoms with Crippen molar-refractivity contribution in [2.75, 3.05) is 19.7 Å². The van der Waals surface area contributed by atoms with Gasteiger partial charge in [0.1, 0.15) is 5.75 Å². The van der Waals surface area contributed by atoms with E-state index in [9.17, 15) is 9.59 Å². The Bertz CT molecular complexity index is 754. The molecule has 25 heavy (non-hydrogen) atoms. The van der Waals surface area contributed by atoms with Crippen LogP contribution in [0.15, 0.2) is 36.7 Å². The summed E-state index contributed by atoms with van der Waals surface area (Å²) < 4.78 is 7.17. The van der Waals surface area contributed by atoms with E-state index in [1.54, 1.807) is 24.3 Å². The van der Waals surface area contributed by atoms with Crippen LogP contribution in [0, 0.1) is 6.92 Å². The zero-order valence-corrected chi connectivity index (χ0v) is 14.2. The van der Waals surface area contributed by atoms with Gasteiger partial charge >= 0.3 is 0 Å². The molecule has 0 radical (unpaired) electrons. The predicted octanol–water partition coefficient (Wildman–Crippen LogP) is 1.53. The van der Waals surface area contributed by atoms with Crippen LogP contribution in [0.25, 0.3) is 0 Å². The number of amides is 2. The van der Waals surface area contributed by atoms with Gasteiger partial charge in [0.05, 0.1) is 12.2 Å². The summed E-state index contributed by atoms with van der Waals surface area (Å²) in [5.74, 6) is -0.0257. The normalized spacial score (nSPS) is 17.3. The van der Waals surface area contributed by atoms with Gasteiger partial charge in [0.2, 0.25) is 0 Å². The first-order valence-corrected chi connectivity index (χ1v) is 8.34. The number of hydrogen-bond donors (Lipinski definition) is 1. The smallest absolute Gasteiger partial charge is 0.255 e. The summed E-state index contributed by atoms with van der Waals surface area (Å²) >= 11 is 0.